The maximum atomic E-state index is 12.6. The van der Waals surface area contributed by atoms with E-state index in [1.54, 1.807) is 6.92 Å². The van der Waals surface area contributed by atoms with Crippen LogP contribution in [0.25, 0.3) is 0 Å². The Kier molecular flexibility index (Phi) is 4.21. The maximum Gasteiger partial charge on any atom is 0.259 e. The summed E-state index contributed by atoms with van der Waals surface area (Å²) in [5, 5.41) is 3.69. The second-order valence-electron chi connectivity index (χ2n) is 6.84. The molecule has 25 heavy (non-hydrogen) atoms. The van der Waals surface area contributed by atoms with Crippen molar-refractivity contribution in [1.82, 2.24) is 10.1 Å². The number of aromatic nitrogens is 1. The van der Waals surface area contributed by atoms with Crippen molar-refractivity contribution in [2.75, 3.05) is 19.7 Å². The van der Waals surface area contributed by atoms with Crippen LogP contribution >= 0.6 is 0 Å². The number of aryl methyl sites for hydroxylation is 1. The van der Waals surface area contributed by atoms with Gasteiger partial charge in [0.25, 0.3) is 5.91 Å². The Morgan fingerprint density at radius 1 is 1.28 bits per heavy atom. The zero-order valence-electron chi connectivity index (χ0n) is 14.3. The van der Waals surface area contributed by atoms with Crippen molar-refractivity contribution in [3.05, 3.63) is 47.9 Å². The quantitative estimate of drug-likeness (QED) is 0.858. The average molecular weight is 342 g/mol. The molecule has 6 nitrogen and oxygen atoms in total. The molecule has 0 bridgehead atoms. The molecular weight excluding hydrogens is 320 g/mol. The molecule has 1 aromatic carbocycles. The topological polar surface area (TPSA) is 64.8 Å². The fourth-order valence-corrected chi connectivity index (χ4v) is 3.71. The van der Waals surface area contributed by atoms with E-state index in [1.165, 1.54) is 6.20 Å². The van der Waals surface area contributed by atoms with E-state index in [2.05, 4.69) is 5.16 Å². The van der Waals surface area contributed by atoms with Crippen molar-refractivity contribution in [2.24, 2.45) is 0 Å². The van der Waals surface area contributed by atoms with Crippen molar-refractivity contribution in [3.8, 4) is 5.75 Å². The molecule has 132 valence electrons. The number of amides is 1. The van der Waals surface area contributed by atoms with Crippen molar-refractivity contribution < 1.29 is 18.8 Å². The third-order valence-electron chi connectivity index (χ3n) is 5.16. The van der Waals surface area contributed by atoms with E-state index >= 15 is 0 Å². The van der Waals surface area contributed by atoms with Gasteiger partial charge in [-0.05, 0) is 31.9 Å². The van der Waals surface area contributed by atoms with Crippen LogP contribution in [-0.4, -0.2) is 47.4 Å². The molecule has 0 unspecified atom stereocenters. The summed E-state index contributed by atoms with van der Waals surface area (Å²) in [6, 6.07) is 9.85. The second-order valence-corrected chi connectivity index (χ2v) is 6.84. The van der Waals surface area contributed by atoms with Gasteiger partial charge in [-0.15, -0.1) is 0 Å². The minimum Gasteiger partial charge on any atom is -0.488 e. The number of ether oxygens (including phenoxy) is 2. The average Bonchev–Trinajstić information content (AvgIpc) is 3.23. The smallest absolute Gasteiger partial charge is 0.259 e. The van der Waals surface area contributed by atoms with Gasteiger partial charge >= 0.3 is 0 Å². The summed E-state index contributed by atoms with van der Waals surface area (Å²) in [4.78, 5) is 14.4. The van der Waals surface area contributed by atoms with Gasteiger partial charge in [-0.25, -0.2) is 0 Å². The summed E-state index contributed by atoms with van der Waals surface area (Å²) in [7, 11) is 0. The fourth-order valence-electron chi connectivity index (χ4n) is 3.71. The number of likely N-dealkylation sites (tertiary alicyclic amines) is 1. The number of piperidine rings is 1. The Morgan fingerprint density at radius 3 is 2.72 bits per heavy atom. The number of carbonyl (C=O) groups is 1. The summed E-state index contributed by atoms with van der Waals surface area (Å²) in [6.07, 6.45) is 4.11. The van der Waals surface area contributed by atoms with E-state index in [4.69, 9.17) is 14.0 Å². The van der Waals surface area contributed by atoms with E-state index < -0.39 is 0 Å². The number of nitrogens with zero attached hydrogens (tertiary/aromatic N) is 2. The zero-order valence-corrected chi connectivity index (χ0v) is 14.3. The molecule has 4 rings (SSSR count). The molecule has 3 heterocycles. The first kappa shape index (κ1) is 16.1. The zero-order chi connectivity index (χ0) is 17.3. The molecule has 0 N–H and O–H groups in total. The summed E-state index contributed by atoms with van der Waals surface area (Å²) in [6.45, 7) is 3.73. The van der Waals surface area contributed by atoms with E-state index in [0.717, 1.165) is 25.0 Å². The van der Waals surface area contributed by atoms with Crippen LogP contribution in [0.5, 0.6) is 5.75 Å². The molecule has 2 aromatic rings. The molecule has 2 saturated heterocycles. The molecule has 1 spiro atoms. The molecule has 0 aliphatic carbocycles. The van der Waals surface area contributed by atoms with Gasteiger partial charge in [0.1, 0.15) is 23.2 Å². The normalized spacial score (nSPS) is 22.3. The van der Waals surface area contributed by atoms with Gasteiger partial charge in [0.05, 0.1) is 18.4 Å². The van der Waals surface area contributed by atoms with Crippen molar-refractivity contribution in [2.45, 2.75) is 37.9 Å². The van der Waals surface area contributed by atoms with Gasteiger partial charge in [0, 0.05) is 19.5 Å². The highest BCUT2D eigenvalue weighted by Crippen LogP contribution is 2.37. The lowest BCUT2D eigenvalue weighted by Gasteiger charge is -2.38. The summed E-state index contributed by atoms with van der Waals surface area (Å²) in [5.41, 5.74) is 0.383. The highest BCUT2D eigenvalue weighted by atomic mass is 16.6. The van der Waals surface area contributed by atoms with Crippen LogP contribution in [0.3, 0.4) is 0 Å². The van der Waals surface area contributed by atoms with Crippen LogP contribution < -0.4 is 4.74 Å². The van der Waals surface area contributed by atoms with Crippen LogP contribution in [0.2, 0.25) is 0 Å². The van der Waals surface area contributed by atoms with Gasteiger partial charge in [0.15, 0.2) is 0 Å². The maximum absolute atomic E-state index is 12.6. The highest BCUT2D eigenvalue weighted by molar-refractivity contribution is 5.94. The number of para-hydroxylation sites is 1. The standard InChI is InChI=1S/C19H22N2O4/c1-14-17(12-20-25-14)18(22)21-9-7-19(8-10-21)11-16(13-23-19)24-15-5-3-2-4-6-15/h2-6,12,16H,7-11,13H2,1H3/t16-/m1/s1. The van der Waals surface area contributed by atoms with E-state index in [1.807, 2.05) is 35.2 Å². The predicted molar refractivity (Wildman–Crippen MR) is 90.5 cm³/mol. The van der Waals surface area contributed by atoms with E-state index in [9.17, 15) is 4.79 Å². The molecule has 2 fully saturated rings. The Balaban J connectivity index is 1.34. The van der Waals surface area contributed by atoms with Gasteiger partial charge in [-0.1, -0.05) is 23.4 Å². The molecule has 2 aliphatic heterocycles. The monoisotopic (exact) mass is 342 g/mol. The molecule has 0 saturated carbocycles. The Hall–Kier alpha value is -2.34. The van der Waals surface area contributed by atoms with E-state index in [-0.39, 0.29) is 17.6 Å². The third-order valence-corrected chi connectivity index (χ3v) is 5.16. The second kappa shape index (κ2) is 6.52. The molecule has 1 amide bonds. The summed E-state index contributed by atoms with van der Waals surface area (Å²) in [5.74, 6) is 1.44. The minimum atomic E-state index is -0.167. The fraction of sp³-hybridized carbons (Fsp3) is 0.474. The van der Waals surface area contributed by atoms with E-state index in [0.29, 0.717) is 31.0 Å². The van der Waals surface area contributed by atoms with Gasteiger partial charge in [-0.2, -0.15) is 0 Å². The summed E-state index contributed by atoms with van der Waals surface area (Å²) < 4.78 is 17.1. The van der Waals surface area contributed by atoms with Gasteiger partial charge < -0.3 is 18.9 Å². The predicted octanol–water partition coefficient (Wildman–Crippen LogP) is 2.83. The van der Waals surface area contributed by atoms with Crippen LogP contribution in [0.15, 0.2) is 41.1 Å². The first-order valence-electron chi connectivity index (χ1n) is 8.71. The summed E-state index contributed by atoms with van der Waals surface area (Å²) >= 11 is 0. The van der Waals surface area contributed by atoms with Gasteiger partial charge in [-0.3, -0.25) is 4.79 Å². The molecule has 1 atom stereocenters. The molecule has 0 radical (unpaired) electrons. The van der Waals surface area contributed by atoms with Gasteiger partial charge in [0.2, 0.25) is 0 Å². The van der Waals surface area contributed by atoms with Crippen LogP contribution in [0, 0.1) is 6.92 Å². The first-order chi connectivity index (χ1) is 12.2. The van der Waals surface area contributed by atoms with Crippen LogP contribution in [-0.2, 0) is 4.74 Å². The third kappa shape index (κ3) is 3.26. The van der Waals surface area contributed by atoms with Crippen molar-refractivity contribution >= 4 is 5.91 Å². The number of carbonyl (C=O) groups excluding carboxylic acids is 1. The van der Waals surface area contributed by atoms with Crippen molar-refractivity contribution in [1.29, 1.82) is 0 Å². The number of hydrogen-bond donors (Lipinski definition) is 0. The Labute approximate surface area is 146 Å². The molecule has 1 aromatic heterocycles. The van der Waals surface area contributed by atoms with Crippen LogP contribution in [0.1, 0.15) is 35.4 Å². The van der Waals surface area contributed by atoms with Crippen molar-refractivity contribution in [3.63, 3.8) is 0 Å². The minimum absolute atomic E-state index is 0.0105. The highest BCUT2D eigenvalue weighted by Gasteiger charge is 2.44. The lowest BCUT2D eigenvalue weighted by Crippen LogP contribution is -2.46. The SMILES string of the molecule is Cc1oncc1C(=O)N1CCC2(CC1)C[C@@H](Oc1ccccc1)CO2. The molecule has 2 aliphatic rings. The lowest BCUT2D eigenvalue weighted by molar-refractivity contribution is -0.0396. The molecule has 6 heteroatoms. The number of hydrogen-bond acceptors (Lipinski definition) is 5. The number of benzene rings is 1. The largest absolute Gasteiger partial charge is 0.488 e. The Morgan fingerprint density at radius 2 is 2.04 bits per heavy atom. The number of rotatable bonds is 3. The molecular formula is C19H22N2O4. The first-order valence-corrected chi connectivity index (χ1v) is 8.71. The van der Waals surface area contributed by atoms with Crippen LogP contribution in [0.4, 0.5) is 0 Å². The lowest BCUT2D eigenvalue weighted by atomic mass is 9.87. The Bertz CT molecular complexity index is 735.